The smallest absolute Gasteiger partial charge is 0.160 e. The molecule has 11 rings (SSSR count). The Bertz CT molecular complexity index is 3150. The van der Waals surface area contributed by atoms with Crippen molar-refractivity contribution in [1.29, 1.82) is 0 Å². The highest BCUT2D eigenvalue weighted by atomic mass is 32.1. The SMILES string of the molecule is c1ccc(-c2cc(-c3ccccc3)nc(-c3cc(N(c4ccccc4)c4ccc5c(c4)sc4ccccc45)c4oc5cc6ccccc6cc5c4c3)n2)cc1. The third-order valence-electron chi connectivity index (χ3n) is 10.4. The molecular weight excluding hydrogens is 691 g/mol. The number of anilines is 3. The van der Waals surface area contributed by atoms with Crippen molar-refractivity contribution < 1.29 is 4.42 Å². The molecule has 0 unspecified atom stereocenters. The van der Waals surface area contributed by atoms with Crippen LogP contribution in [0.2, 0.25) is 0 Å². The predicted molar refractivity (Wildman–Crippen MR) is 231 cm³/mol. The first-order valence-corrected chi connectivity index (χ1v) is 19.2. The van der Waals surface area contributed by atoms with Crippen LogP contribution in [0.25, 0.3) is 86.8 Å². The molecule has 3 heterocycles. The van der Waals surface area contributed by atoms with Crippen LogP contribution in [0.4, 0.5) is 17.1 Å². The first kappa shape index (κ1) is 31.4. The third kappa shape index (κ3) is 5.44. The molecule has 0 aliphatic carbocycles. The van der Waals surface area contributed by atoms with Gasteiger partial charge in [0.1, 0.15) is 5.58 Å². The minimum Gasteiger partial charge on any atom is -0.454 e. The first-order valence-electron chi connectivity index (χ1n) is 18.4. The predicted octanol–water partition coefficient (Wildman–Crippen LogP) is 14.4. The molecule has 0 saturated carbocycles. The molecule has 0 aliphatic heterocycles. The van der Waals surface area contributed by atoms with Gasteiger partial charge in [-0.05, 0) is 71.4 Å². The van der Waals surface area contributed by atoms with Crippen molar-refractivity contribution in [2.24, 2.45) is 0 Å². The van der Waals surface area contributed by atoms with E-state index in [0.29, 0.717) is 5.82 Å². The second-order valence-corrected chi connectivity index (χ2v) is 14.9. The van der Waals surface area contributed by atoms with Crippen LogP contribution in [0.5, 0.6) is 0 Å². The van der Waals surface area contributed by atoms with Crippen LogP contribution < -0.4 is 4.90 Å². The van der Waals surface area contributed by atoms with Gasteiger partial charge >= 0.3 is 0 Å². The zero-order valence-corrected chi connectivity index (χ0v) is 30.4. The van der Waals surface area contributed by atoms with E-state index in [0.717, 1.165) is 77.9 Å². The van der Waals surface area contributed by atoms with E-state index in [9.17, 15) is 0 Å². The Hall–Kier alpha value is -7.08. The van der Waals surface area contributed by atoms with Crippen LogP contribution in [0, 0.1) is 0 Å². The number of hydrogen-bond acceptors (Lipinski definition) is 5. The number of thiophene rings is 1. The van der Waals surface area contributed by atoms with Gasteiger partial charge in [0.2, 0.25) is 0 Å². The molecule has 0 bridgehead atoms. The van der Waals surface area contributed by atoms with Crippen molar-refractivity contribution in [1.82, 2.24) is 9.97 Å². The van der Waals surface area contributed by atoms with Gasteiger partial charge < -0.3 is 9.32 Å². The number of furan rings is 1. The average molecular weight is 722 g/mol. The summed E-state index contributed by atoms with van der Waals surface area (Å²) >= 11 is 1.82. The molecule has 0 aliphatic rings. The summed E-state index contributed by atoms with van der Waals surface area (Å²) in [5, 5.41) is 6.88. The fraction of sp³-hybridized carbons (Fsp3) is 0. The van der Waals surface area contributed by atoms with Crippen LogP contribution in [0.15, 0.2) is 192 Å². The highest BCUT2D eigenvalue weighted by Gasteiger charge is 2.23. The second kappa shape index (κ2) is 12.8. The van der Waals surface area contributed by atoms with E-state index in [2.05, 4.69) is 181 Å². The largest absolute Gasteiger partial charge is 0.454 e. The minimum absolute atomic E-state index is 0.645. The molecule has 8 aromatic carbocycles. The quantitative estimate of drug-likeness (QED) is 0.171. The van der Waals surface area contributed by atoms with E-state index in [1.807, 2.05) is 23.5 Å². The summed E-state index contributed by atoms with van der Waals surface area (Å²) in [4.78, 5) is 12.9. The third-order valence-corrected chi connectivity index (χ3v) is 11.6. The number of nitrogens with zero attached hydrogens (tertiary/aromatic N) is 3. The lowest BCUT2D eigenvalue weighted by Crippen LogP contribution is -2.10. The number of para-hydroxylation sites is 1. The molecule has 0 amide bonds. The summed E-state index contributed by atoms with van der Waals surface area (Å²) in [7, 11) is 0. The van der Waals surface area contributed by atoms with Gasteiger partial charge in [-0.1, -0.05) is 127 Å². The van der Waals surface area contributed by atoms with E-state index >= 15 is 0 Å². The lowest BCUT2D eigenvalue weighted by atomic mass is 10.0. The Balaban J connectivity index is 1.22. The normalized spacial score (nSPS) is 11.6. The fourth-order valence-electron chi connectivity index (χ4n) is 7.79. The zero-order valence-electron chi connectivity index (χ0n) is 29.6. The van der Waals surface area contributed by atoms with E-state index in [1.165, 1.54) is 20.2 Å². The van der Waals surface area contributed by atoms with Gasteiger partial charge in [-0.15, -0.1) is 11.3 Å². The molecule has 0 spiro atoms. The maximum atomic E-state index is 6.95. The summed E-state index contributed by atoms with van der Waals surface area (Å²) in [5.74, 6) is 0.645. The van der Waals surface area contributed by atoms with Crippen molar-refractivity contribution in [2.75, 3.05) is 4.90 Å². The van der Waals surface area contributed by atoms with Crippen LogP contribution in [0.3, 0.4) is 0 Å². The number of rotatable bonds is 6. The molecule has 0 fully saturated rings. The Kier molecular flexibility index (Phi) is 7.32. The molecular formula is C50H31N3OS. The van der Waals surface area contributed by atoms with Crippen molar-refractivity contribution >= 4 is 81.3 Å². The molecule has 0 atom stereocenters. The maximum absolute atomic E-state index is 6.95. The maximum Gasteiger partial charge on any atom is 0.160 e. The van der Waals surface area contributed by atoms with Crippen LogP contribution >= 0.6 is 11.3 Å². The monoisotopic (exact) mass is 721 g/mol. The summed E-state index contributed by atoms with van der Waals surface area (Å²) in [5.41, 5.74) is 9.31. The van der Waals surface area contributed by atoms with Crippen LogP contribution in [-0.4, -0.2) is 9.97 Å². The lowest BCUT2D eigenvalue weighted by Gasteiger charge is -2.26. The number of aromatic nitrogens is 2. The number of hydrogen-bond donors (Lipinski definition) is 0. The molecule has 11 aromatic rings. The van der Waals surface area contributed by atoms with Gasteiger partial charge in [-0.2, -0.15) is 0 Å². The topological polar surface area (TPSA) is 42.2 Å². The molecule has 0 N–H and O–H groups in total. The number of benzene rings is 8. The summed E-state index contributed by atoms with van der Waals surface area (Å²) in [6, 6.07) is 66.0. The Morgan fingerprint density at radius 3 is 1.76 bits per heavy atom. The summed E-state index contributed by atoms with van der Waals surface area (Å²) in [6.07, 6.45) is 0. The lowest BCUT2D eigenvalue weighted by molar-refractivity contribution is 0.669. The molecule has 3 aromatic heterocycles. The Morgan fingerprint density at radius 1 is 0.418 bits per heavy atom. The zero-order chi connectivity index (χ0) is 36.3. The van der Waals surface area contributed by atoms with Gasteiger partial charge in [0.25, 0.3) is 0 Å². The van der Waals surface area contributed by atoms with E-state index in [1.54, 1.807) is 0 Å². The van der Waals surface area contributed by atoms with Crippen LogP contribution in [0.1, 0.15) is 0 Å². The molecule has 5 heteroatoms. The van der Waals surface area contributed by atoms with Crippen LogP contribution in [-0.2, 0) is 0 Å². The minimum atomic E-state index is 0.645. The molecule has 55 heavy (non-hydrogen) atoms. The van der Waals surface area contributed by atoms with Gasteiger partial charge in [0, 0.05) is 59.0 Å². The first-order chi connectivity index (χ1) is 27.2. The van der Waals surface area contributed by atoms with E-state index < -0.39 is 0 Å². The van der Waals surface area contributed by atoms with Crippen molar-refractivity contribution in [3.05, 3.63) is 188 Å². The number of fused-ring (bicyclic) bond motifs is 7. The van der Waals surface area contributed by atoms with Crippen molar-refractivity contribution in [3.63, 3.8) is 0 Å². The van der Waals surface area contributed by atoms with Gasteiger partial charge in [0.15, 0.2) is 11.4 Å². The Labute approximate surface area is 321 Å². The fourth-order valence-corrected chi connectivity index (χ4v) is 8.93. The van der Waals surface area contributed by atoms with Gasteiger partial charge in [0.05, 0.1) is 17.1 Å². The van der Waals surface area contributed by atoms with E-state index in [-0.39, 0.29) is 0 Å². The van der Waals surface area contributed by atoms with Gasteiger partial charge in [-0.3, -0.25) is 0 Å². The van der Waals surface area contributed by atoms with E-state index in [4.69, 9.17) is 14.4 Å². The second-order valence-electron chi connectivity index (χ2n) is 13.8. The molecule has 4 nitrogen and oxygen atoms in total. The summed E-state index contributed by atoms with van der Waals surface area (Å²) in [6.45, 7) is 0. The Morgan fingerprint density at radius 2 is 1.04 bits per heavy atom. The van der Waals surface area contributed by atoms with Crippen molar-refractivity contribution in [3.8, 4) is 33.9 Å². The molecule has 0 radical (unpaired) electrons. The highest BCUT2D eigenvalue weighted by Crippen LogP contribution is 2.46. The van der Waals surface area contributed by atoms with Gasteiger partial charge in [-0.25, -0.2) is 9.97 Å². The highest BCUT2D eigenvalue weighted by molar-refractivity contribution is 7.25. The molecule has 0 saturated heterocycles. The van der Waals surface area contributed by atoms with Crippen molar-refractivity contribution in [2.45, 2.75) is 0 Å². The summed E-state index contributed by atoms with van der Waals surface area (Å²) < 4.78 is 9.46. The average Bonchev–Trinajstić information content (AvgIpc) is 3.81. The molecule has 258 valence electrons. The standard InChI is InChI=1S/C50H31N3OS/c1-4-14-32(15-5-1)43-31-44(33-16-6-2-7-17-33)52-50(51-43)36-27-42-41-26-34-18-10-11-19-35(34)29-46(41)54-49(42)45(28-36)53(37-20-8-3-9-21-37)38-24-25-40-39-22-12-13-23-47(39)55-48(40)30-38/h1-31H.